The van der Waals surface area contributed by atoms with Crippen LogP contribution in [0.15, 0.2) is 77.9 Å². The smallest absolute Gasteiger partial charge is 0.326 e. The van der Waals surface area contributed by atoms with Crippen LogP contribution in [0.25, 0.3) is 17.0 Å². The van der Waals surface area contributed by atoms with E-state index in [9.17, 15) is 24.3 Å². The molecule has 0 aliphatic heterocycles. The molecule has 2 aromatic carbocycles. The summed E-state index contributed by atoms with van der Waals surface area (Å²) in [5.41, 5.74) is 1.13. The van der Waals surface area contributed by atoms with E-state index in [1.807, 2.05) is 48.5 Å². The quantitative estimate of drug-likeness (QED) is 0.0348. The normalized spacial score (nSPS) is 13.6. The van der Waals surface area contributed by atoms with Gasteiger partial charge < -0.3 is 25.8 Å². The van der Waals surface area contributed by atoms with Crippen LogP contribution in [0, 0.1) is 11.3 Å². The Bertz CT molecular complexity index is 1680. The predicted octanol–water partition coefficient (Wildman–Crippen LogP) is 6.79. The number of para-hydroxylation sites is 1. The Balaban J connectivity index is 1.76. The van der Waals surface area contributed by atoms with Crippen LogP contribution >= 0.6 is 46.6 Å². The van der Waals surface area contributed by atoms with Gasteiger partial charge in [-0.25, -0.2) is 9.79 Å². The number of thioether (sulfide) groups is 1. The molecule has 15 heteroatoms. The fourth-order valence-electron chi connectivity index (χ4n) is 4.48. The van der Waals surface area contributed by atoms with Gasteiger partial charge in [0.25, 0.3) is 0 Å². The number of halogens is 3. The lowest BCUT2D eigenvalue weighted by Crippen LogP contribution is -2.45. The predicted molar refractivity (Wildman–Crippen MR) is 196 cm³/mol. The Morgan fingerprint density at radius 2 is 1.67 bits per heavy atom. The minimum absolute atomic E-state index is 0.0998. The highest BCUT2D eigenvalue weighted by Crippen LogP contribution is 2.32. The third kappa shape index (κ3) is 13.5. The largest absolute Gasteiger partial charge is 0.480 e. The number of hydrogen-bond donors (Lipinski definition) is 4. The number of carbonyl (C=O) groups excluding carboxylic acids is 3. The standard InChI is InChI=1S/C34H38Cl3N5O6S/c1-21(2)28(30(46)47)40-26(44)18-33(3,4)19-27(45)48-20-49-32(39-24-14-8-12-23-13-9-17-38-29(23)24)42-31(34(35,36)37)41-25(43)16-15-22-10-6-5-7-11-22/h5-17,21,28,31H,18-20H2,1-4H3,(H,39,42)(H,40,44)(H,41,43)(H,46,47)/b16-15+/t28-,31?/m0/s1. The SMILES string of the molecule is CC(C)[C@H](NC(=O)CC(C)(C)CC(=O)OCSC(=NC(NC(=O)/C=C/c1ccccc1)C(Cl)(Cl)Cl)Nc1cccc2cccnc12)C(=O)O. The number of amides is 2. The number of carboxylic acid groups (broad SMARTS) is 1. The Morgan fingerprint density at radius 3 is 2.33 bits per heavy atom. The highest BCUT2D eigenvalue weighted by Gasteiger charge is 2.34. The number of anilines is 1. The van der Waals surface area contributed by atoms with Crippen LogP contribution in [0.2, 0.25) is 0 Å². The van der Waals surface area contributed by atoms with Crippen LogP contribution in [0.3, 0.4) is 0 Å². The van der Waals surface area contributed by atoms with Crippen molar-refractivity contribution in [2.24, 2.45) is 16.3 Å². The summed E-state index contributed by atoms with van der Waals surface area (Å²) in [6.07, 6.45) is 2.93. The molecule has 3 rings (SSSR count). The molecular formula is C34H38Cl3N5O6S. The first-order valence-electron chi connectivity index (χ1n) is 15.1. The topological polar surface area (TPSA) is 159 Å². The van der Waals surface area contributed by atoms with Gasteiger partial charge in [0, 0.05) is 24.1 Å². The van der Waals surface area contributed by atoms with Gasteiger partial charge >= 0.3 is 11.9 Å². The van der Waals surface area contributed by atoms with Gasteiger partial charge in [0.1, 0.15) is 12.0 Å². The molecule has 262 valence electrons. The maximum atomic E-state index is 12.8. The molecule has 0 fully saturated rings. The number of carboxylic acids is 1. The minimum Gasteiger partial charge on any atom is -0.480 e. The summed E-state index contributed by atoms with van der Waals surface area (Å²) >= 11 is 19.7. The molecule has 49 heavy (non-hydrogen) atoms. The first-order valence-corrected chi connectivity index (χ1v) is 17.3. The van der Waals surface area contributed by atoms with Gasteiger partial charge in [-0.05, 0) is 46.9 Å². The fourth-order valence-corrected chi connectivity index (χ4v) is 5.45. The van der Waals surface area contributed by atoms with Gasteiger partial charge in [-0.15, -0.1) is 0 Å². The van der Waals surface area contributed by atoms with Gasteiger partial charge in [0.2, 0.25) is 15.6 Å². The van der Waals surface area contributed by atoms with Crippen LogP contribution in [0.5, 0.6) is 0 Å². The number of esters is 1. The summed E-state index contributed by atoms with van der Waals surface area (Å²) in [7, 11) is 0. The zero-order chi connectivity index (χ0) is 36.2. The molecule has 0 saturated heterocycles. The number of aliphatic imine (C=N–C) groups is 1. The number of hydrogen-bond acceptors (Lipinski definition) is 8. The molecule has 4 N–H and O–H groups in total. The number of ether oxygens (including phenoxy) is 1. The van der Waals surface area contributed by atoms with Crippen molar-refractivity contribution in [2.45, 2.75) is 56.5 Å². The van der Waals surface area contributed by atoms with E-state index < -0.39 is 45.2 Å². The van der Waals surface area contributed by atoms with Gasteiger partial charge in [-0.1, -0.05) is 111 Å². The number of rotatable bonds is 14. The molecule has 0 radical (unpaired) electrons. The molecule has 0 spiro atoms. The van der Waals surface area contributed by atoms with Crippen LogP contribution in [-0.4, -0.2) is 61.0 Å². The fraction of sp³-hybridized carbons (Fsp3) is 0.353. The number of amidine groups is 1. The molecule has 1 aromatic heterocycles. The van der Waals surface area contributed by atoms with E-state index in [2.05, 4.69) is 25.9 Å². The number of aliphatic carboxylic acids is 1. The van der Waals surface area contributed by atoms with E-state index in [-0.39, 0.29) is 29.9 Å². The third-order valence-corrected chi connectivity index (χ3v) is 8.20. The van der Waals surface area contributed by atoms with E-state index >= 15 is 0 Å². The van der Waals surface area contributed by atoms with Crippen molar-refractivity contribution in [1.82, 2.24) is 15.6 Å². The molecule has 0 bridgehead atoms. The molecular weight excluding hydrogens is 713 g/mol. The Labute approximate surface area is 304 Å². The zero-order valence-electron chi connectivity index (χ0n) is 27.3. The number of fused-ring (bicyclic) bond motifs is 1. The Kier molecular flexibility index (Phi) is 14.7. The molecule has 3 aromatic rings. The zero-order valence-corrected chi connectivity index (χ0v) is 30.4. The Hall–Kier alpha value is -3.84. The molecule has 2 amide bonds. The molecule has 0 aliphatic rings. The maximum Gasteiger partial charge on any atom is 0.326 e. The number of alkyl halides is 3. The van der Waals surface area contributed by atoms with Gasteiger partial charge in [-0.2, -0.15) is 0 Å². The summed E-state index contributed by atoms with van der Waals surface area (Å²) in [6.45, 7) is 6.79. The van der Waals surface area contributed by atoms with Gasteiger partial charge in [0.15, 0.2) is 11.3 Å². The number of pyridine rings is 1. The average molecular weight is 751 g/mol. The van der Waals surface area contributed by atoms with Crippen molar-refractivity contribution in [2.75, 3.05) is 11.3 Å². The van der Waals surface area contributed by atoms with Crippen LogP contribution in [0.4, 0.5) is 5.69 Å². The minimum atomic E-state index is -2.07. The van der Waals surface area contributed by atoms with Gasteiger partial charge in [0.05, 0.1) is 17.6 Å². The molecule has 0 saturated carbocycles. The highest BCUT2D eigenvalue weighted by atomic mass is 35.6. The summed E-state index contributed by atoms with van der Waals surface area (Å²) < 4.78 is 3.40. The van der Waals surface area contributed by atoms with Crippen molar-refractivity contribution < 1.29 is 29.0 Å². The lowest BCUT2D eigenvalue weighted by molar-refractivity contribution is -0.146. The second-order valence-electron chi connectivity index (χ2n) is 12.1. The van der Waals surface area contributed by atoms with Crippen LogP contribution in [-0.2, 0) is 23.9 Å². The van der Waals surface area contributed by atoms with Crippen molar-refractivity contribution >= 4 is 98.2 Å². The molecule has 1 unspecified atom stereocenters. The molecule has 11 nitrogen and oxygen atoms in total. The van der Waals surface area contributed by atoms with Crippen LogP contribution in [0.1, 0.15) is 46.1 Å². The second-order valence-corrected chi connectivity index (χ2v) is 15.3. The van der Waals surface area contributed by atoms with Crippen molar-refractivity contribution in [3.05, 3.63) is 78.5 Å². The Morgan fingerprint density at radius 1 is 0.980 bits per heavy atom. The maximum absolute atomic E-state index is 12.8. The van der Waals surface area contributed by atoms with E-state index in [1.54, 1.807) is 52.1 Å². The van der Waals surface area contributed by atoms with E-state index in [0.29, 0.717) is 11.2 Å². The van der Waals surface area contributed by atoms with E-state index in [4.69, 9.17) is 39.5 Å². The second kappa shape index (κ2) is 18.2. The number of aromatic nitrogens is 1. The highest BCUT2D eigenvalue weighted by molar-refractivity contribution is 8.14. The summed E-state index contributed by atoms with van der Waals surface area (Å²) in [4.78, 5) is 58.7. The number of benzene rings is 2. The lowest BCUT2D eigenvalue weighted by Gasteiger charge is -2.25. The summed E-state index contributed by atoms with van der Waals surface area (Å²) in [5.74, 6) is -3.35. The van der Waals surface area contributed by atoms with Crippen molar-refractivity contribution in [3.8, 4) is 0 Å². The summed E-state index contributed by atoms with van der Waals surface area (Å²) in [6, 6.07) is 17.3. The number of nitrogens with zero attached hydrogens (tertiary/aromatic N) is 2. The first kappa shape index (κ1) is 39.6. The van der Waals surface area contributed by atoms with E-state index in [0.717, 1.165) is 22.7 Å². The van der Waals surface area contributed by atoms with E-state index in [1.165, 1.54) is 6.08 Å². The summed E-state index contributed by atoms with van der Waals surface area (Å²) in [5, 5.41) is 18.6. The molecule has 1 heterocycles. The average Bonchev–Trinajstić information content (AvgIpc) is 3.01. The molecule has 2 atom stereocenters. The van der Waals surface area contributed by atoms with Gasteiger partial charge in [-0.3, -0.25) is 19.4 Å². The number of nitrogens with one attached hydrogen (secondary N) is 3. The molecule has 0 aliphatic carbocycles. The lowest BCUT2D eigenvalue weighted by atomic mass is 9.85. The first-order chi connectivity index (χ1) is 23.0. The monoisotopic (exact) mass is 749 g/mol. The van der Waals surface area contributed by atoms with Crippen LogP contribution < -0.4 is 16.0 Å². The third-order valence-electron chi connectivity index (χ3n) is 6.86. The van der Waals surface area contributed by atoms with Crippen molar-refractivity contribution in [1.29, 1.82) is 0 Å². The van der Waals surface area contributed by atoms with Crippen molar-refractivity contribution in [3.63, 3.8) is 0 Å². The number of carbonyl (C=O) groups is 4.